The van der Waals surface area contributed by atoms with E-state index in [9.17, 15) is 5.11 Å². The molecule has 0 saturated heterocycles. The van der Waals surface area contributed by atoms with Crippen molar-refractivity contribution in [2.45, 2.75) is 26.4 Å². The Balaban J connectivity index is 2.57. The van der Waals surface area contributed by atoms with Gasteiger partial charge in [-0.3, -0.25) is 0 Å². The largest absolute Gasteiger partial charge is 0.495 e. The molecular formula is C10H19NO2. The van der Waals surface area contributed by atoms with Gasteiger partial charge in [0.05, 0.1) is 6.61 Å². The van der Waals surface area contributed by atoms with Crippen LogP contribution in [0, 0.1) is 11.8 Å². The molecule has 0 aromatic carbocycles. The molecule has 0 aromatic rings. The van der Waals surface area contributed by atoms with E-state index in [0.717, 1.165) is 6.42 Å². The highest BCUT2D eigenvalue weighted by Gasteiger charge is 2.26. The lowest BCUT2D eigenvalue weighted by Gasteiger charge is -2.25. The minimum Gasteiger partial charge on any atom is -0.495 e. The average Bonchev–Trinajstić information content (AvgIpc) is 2.56. The van der Waals surface area contributed by atoms with E-state index in [-0.39, 0.29) is 5.92 Å². The Morgan fingerprint density at radius 1 is 1.62 bits per heavy atom. The quantitative estimate of drug-likeness (QED) is 0.683. The third-order valence-electron chi connectivity index (χ3n) is 2.56. The van der Waals surface area contributed by atoms with Gasteiger partial charge in [0.25, 0.3) is 0 Å². The van der Waals surface area contributed by atoms with Crippen LogP contribution in [0.25, 0.3) is 0 Å². The Hall–Kier alpha value is -0.540. The maximum atomic E-state index is 9.91. The number of aliphatic hydroxyl groups excluding tert-OH is 1. The lowest BCUT2D eigenvalue weighted by Crippen LogP contribution is -2.33. The summed E-state index contributed by atoms with van der Waals surface area (Å²) in [4.78, 5) is 0. The number of rotatable bonds is 4. The first-order valence-corrected chi connectivity index (χ1v) is 4.87. The molecule has 0 aromatic heterocycles. The normalized spacial score (nSPS) is 21.2. The molecule has 2 atom stereocenters. The van der Waals surface area contributed by atoms with Crippen LogP contribution in [0.2, 0.25) is 0 Å². The van der Waals surface area contributed by atoms with E-state index in [2.05, 4.69) is 13.8 Å². The summed E-state index contributed by atoms with van der Waals surface area (Å²) in [6.07, 6.45) is 2.34. The Morgan fingerprint density at radius 2 is 2.31 bits per heavy atom. The fourth-order valence-electron chi connectivity index (χ4n) is 1.62. The summed E-state index contributed by atoms with van der Waals surface area (Å²) < 4.78 is 5.30. The van der Waals surface area contributed by atoms with Crippen LogP contribution in [-0.4, -0.2) is 24.4 Å². The average molecular weight is 185 g/mol. The first kappa shape index (κ1) is 10.5. The lowest BCUT2D eigenvalue weighted by molar-refractivity contribution is 0.0593. The fraction of sp³-hybridized carbons (Fsp3) is 0.800. The van der Waals surface area contributed by atoms with Gasteiger partial charge in [0.15, 0.2) is 0 Å². The van der Waals surface area contributed by atoms with E-state index in [1.54, 1.807) is 0 Å². The van der Waals surface area contributed by atoms with Crippen molar-refractivity contribution in [1.82, 2.24) is 0 Å². The third-order valence-corrected chi connectivity index (χ3v) is 2.56. The minimum absolute atomic E-state index is 0.101. The summed E-state index contributed by atoms with van der Waals surface area (Å²) >= 11 is 0. The molecule has 1 heterocycles. The van der Waals surface area contributed by atoms with E-state index in [1.165, 1.54) is 0 Å². The predicted octanol–water partition coefficient (Wildman–Crippen LogP) is 0.882. The second-order valence-corrected chi connectivity index (χ2v) is 3.83. The number of nitrogens with two attached hydrogens (primary N) is 1. The van der Waals surface area contributed by atoms with Crippen molar-refractivity contribution in [2.24, 2.45) is 17.6 Å². The summed E-state index contributed by atoms with van der Waals surface area (Å²) in [6.45, 7) is 5.33. The van der Waals surface area contributed by atoms with E-state index < -0.39 is 6.10 Å². The third kappa shape index (κ3) is 2.45. The number of ether oxygens (including phenoxy) is 1. The van der Waals surface area contributed by atoms with E-state index in [0.29, 0.717) is 24.8 Å². The van der Waals surface area contributed by atoms with Crippen molar-refractivity contribution >= 4 is 0 Å². The second-order valence-electron chi connectivity index (χ2n) is 3.83. The number of hydrogen-bond acceptors (Lipinski definition) is 3. The van der Waals surface area contributed by atoms with Crippen LogP contribution in [0.4, 0.5) is 0 Å². The van der Waals surface area contributed by atoms with Gasteiger partial charge in [-0.1, -0.05) is 13.8 Å². The van der Waals surface area contributed by atoms with Crippen LogP contribution in [0.1, 0.15) is 20.3 Å². The lowest BCUT2D eigenvalue weighted by atomic mass is 9.89. The molecule has 0 aliphatic carbocycles. The predicted molar refractivity (Wildman–Crippen MR) is 52.0 cm³/mol. The monoisotopic (exact) mass is 185 g/mol. The summed E-state index contributed by atoms with van der Waals surface area (Å²) in [7, 11) is 0. The van der Waals surface area contributed by atoms with Crippen LogP contribution in [0.3, 0.4) is 0 Å². The van der Waals surface area contributed by atoms with Gasteiger partial charge in [-0.2, -0.15) is 0 Å². The van der Waals surface area contributed by atoms with E-state index in [4.69, 9.17) is 10.5 Å². The van der Waals surface area contributed by atoms with Crippen LogP contribution in [0.5, 0.6) is 0 Å². The highest BCUT2D eigenvalue weighted by atomic mass is 16.5. The van der Waals surface area contributed by atoms with Crippen LogP contribution < -0.4 is 5.73 Å². The summed E-state index contributed by atoms with van der Waals surface area (Å²) in [5.74, 6) is 1.19. The molecule has 0 spiro atoms. The van der Waals surface area contributed by atoms with Gasteiger partial charge in [-0.25, -0.2) is 0 Å². The van der Waals surface area contributed by atoms with Crippen LogP contribution >= 0.6 is 0 Å². The van der Waals surface area contributed by atoms with Gasteiger partial charge in [-0.05, 0) is 18.5 Å². The maximum Gasteiger partial charge on any atom is 0.121 e. The Labute approximate surface area is 79.6 Å². The molecule has 0 amide bonds. The smallest absolute Gasteiger partial charge is 0.121 e. The van der Waals surface area contributed by atoms with Crippen LogP contribution in [0.15, 0.2) is 11.8 Å². The first-order chi connectivity index (χ1) is 6.16. The van der Waals surface area contributed by atoms with Crippen molar-refractivity contribution in [3.8, 4) is 0 Å². The Morgan fingerprint density at radius 3 is 2.69 bits per heavy atom. The van der Waals surface area contributed by atoms with Crippen molar-refractivity contribution in [2.75, 3.05) is 13.2 Å². The number of aliphatic hydroxyl groups is 1. The first-order valence-electron chi connectivity index (χ1n) is 4.87. The van der Waals surface area contributed by atoms with Crippen LogP contribution in [-0.2, 0) is 4.74 Å². The fourth-order valence-corrected chi connectivity index (χ4v) is 1.62. The summed E-state index contributed by atoms with van der Waals surface area (Å²) in [5.41, 5.74) is 5.60. The van der Waals surface area contributed by atoms with Gasteiger partial charge in [0.1, 0.15) is 11.9 Å². The molecule has 0 saturated carbocycles. The van der Waals surface area contributed by atoms with Gasteiger partial charge in [0.2, 0.25) is 0 Å². The second kappa shape index (κ2) is 4.63. The van der Waals surface area contributed by atoms with E-state index >= 15 is 0 Å². The van der Waals surface area contributed by atoms with Crippen molar-refractivity contribution in [3.63, 3.8) is 0 Å². The molecule has 3 heteroatoms. The zero-order chi connectivity index (χ0) is 9.84. The Bertz CT molecular complexity index is 189. The maximum absolute atomic E-state index is 9.91. The van der Waals surface area contributed by atoms with Gasteiger partial charge < -0.3 is 15.6 Å². The molecule has 0 bridgehead atoms. The topological polar surface area (TPSA) is 55.5 Å². The molecule has 1 rings (SSSR count). The molecule has 1 aliphatic heterocycles. The highest BCUT2D eigenvalue weighted by molar-refractivity contribution is 5.06. The standard InChI is InChI=1S/C10H19NO2/c1-7(2)8(6-11)10(12)9-4-3-5-13-9/h4,7-8,10,12H,3,5-6,11H2,1-2H3. The molecule has 0 radical (unpaired) electrons. The SMILES string of the molecule is CC(C)C(CN)C(O)C1=CCCO1. The van der Waals surface area contributed by atoms with Gasteiger partial charge in [-0.15, -0.1) is 0 Å². The van der Waals surface area contributed by atoms with Crippen molar-refractivity contribution < 1.29 is 9.84 Å². The zero-order valence-electron chi connectivity index (χ0n) is 8.36. The van der Waals surface area contributed by atoms with Gasteiger partial charge >= 0.3 is 0 Å². The van der Waals surface area contributed by atoms with Crippen molar-refractivity contribution in [3.05, 3.63) is 11.8 Å². The Kier molecular flexibility index (Phi) is 3.75. The molecule has 76 valence electrons. The minimum atomic E-state index is -0.521. The molecule has 1 aliphatic rings. The summed E-state index contributed by atoms with van der Waals surface area (Å²) in [6, 6.07) is 0. The zero-order valence-corrected chi connectivity index (χ0v) is 8.36. The molecule has 3 nitrogen and oxygen atoms in total. The molecule has 3 N–H and O–H groups in total. The molecule has 0 fully saturated rings. The summed E-state index contributed by atoms with van der Waals surface area (Å²) in [5, 5.41) is 9.91. The van der Waals surface area contributed by atoms with E-state index in [1.807, 2.05) is 6.08 Å². The van der Waals surface area contributed by atoms with Crippen molar-refractivity contribution in [1.29, 1.82) is 0 Å². The van der Waals surface area contributed by atoms with Gasteiger partial charge in [0, 0.05) is 12.3 Å². The molecular weight excluding hydrogens is 166 g/mol. The highest BCUT2D eigenvalue weighted by Crippen LogP contribution is 2.23. The number of hydrogen-bond donors (Lipinski definition) is 2. The molecule has 13 heavy (non-hydrogen) atoms. The molecule has 2 unspecified atom stereocenters.